The van der Waals surface area contributed by atoms with E-state index in [0.717, 1.165) is 24.2 Å². The summed E-state index contributed by atoms with van der Waals surface area (Å²) >= 11 is 0. The zero-order valence-corrected chi connectivity index (χ0v) is 15.3. The van der Waals surface area contributed by atoms with E-state index in [1.165, 1.54) is 22.0 Å². The Morgan fingerprint density at radius 3 is 2.96 bits per heavy atom. The van der Waals surface area contributed by atoms with Gasteiger partial charge in [0.1, 0.15) is 0 Å². The normalized spacial score (nSPS) is 12.9. The molecule has 2 aromatic carbocycles. The fourth-order valence-electron chi connectivity index (χ4n) is 3.47. The summed E-state index contributed by atoms with van der Waals surface area (Å²) in [5, 5.41) is 6.83. The Kier molecular flexibility index (Phi) is 4.73. The Balaban J connectivity index is 1.37. The molecule has 2 heterocycles. The minimum atomic E-state index is -0.109. The molecule has 0 atom stereocenters. The molecule has 2 N–H and O–H groups in total. The second kappa shape index (κ2) is 7.32. The van der Waals surface area contributed by atoms with Crippen molar-refractivity contribution in [2.75, 3.05) is 0 Å². The molecule has 1 aliphatic rings. The number of rotatable bonds is 5. The topological polar surface area (TPSA) is 76.0 Å². The van der Waals surface area contributed by atoms with Gasteiger partial charge in [0.2, 0.25) is 5.91 Å². The summed E-state index contributed by atoms with van der Waals surface area (Å²) in [6.45, 7) is 4.54. The third kappa shape index (κ3) is 3.61. The van der Waals surface area contributed by atoms with E-state index in [-0.39, 0.29) is 17.9 Å². The molecule has 0 saturated carbocycles. The Labute approximate surface area is 157 Å². The third-order valence-corrected chi connectivity index (χ3v) is 5.03. The zero-order chi connectivity index (χ0) is 18.8. The molecule has 0 unspecified atom stereocenters. The summed E-state index contributed by atoms with van der Waals surface area (Å²) < 4.78 is 1.50. The first-order chi connectivity index (χ1) is 13.1. The number of benzene rings is 2. The predicted molar refractivity (Wildman–Crippen MR) is 104 cm³/mol. The molecule has 138 valence electrons. The summed E-state index contributed by atoms with van der Waals surface area (Å²) in [5.74, 6) is -0.0788. The minimum absolute atomic E-state index is 0.0788. The van der Waals surface area contributed by atoms with Gasteiger partial charge in [-0.3, -0.25) is 14.2 Å². The van der Waals surface area contributed by atoms with E-state index in [2.05, 4.69) is 27.8 Å². The molecular weight excluding hydrogens is 340 g/mol. The summed E-state index contributed by atoms with van der Waals surface area (Å²) in [4.78, 5) is 29.1. The van der Waals surface area contributed by atoms with Gasteiger partial charge < -0.3 is 10.6 Å². The number of hydrogen-bond donors (Lipinski definition) is 2. The van der Waals surface area contributed by atoms with E-state index in [4.69, 9.17) is 0 Å². The molecule has 1 amide bonds. The van der Waals surface area contributed by atoms with Crippen molar-refractivity contribution in [3.05, 3.63) is 75.3 Å². The predicted octanol–water partition coefficient (Wildman–Crippen LogP) is 2.01. The fraction of sp³-hybridized carbons (Fsp3) is 0.286. The van der Waals surface area contributed by atoms with E-state index < -0.39 is 0 Å². The molecule has 0 bridgehead atoms. The van der Waals surface area contributed by atoms with Crippen molar-refractivity contribution in [3.8, 4) is 0 Å². The first kappa shape index (κ1) is 17.4. The standard InChI is InChI=1S/C21H22N4O2/c1-14-3-2-4-18-20(14)24-13-25(21(18)27)8-7-19(26)23-10-15-5-6-16-11-22-12-17(16)9-15/h2-6,9,13,22H,7-8,10-12H2,1H3,(H,23,26). The third-order valence-electron chi connectivity index (χ3n) is 5.03. The summed E-state index contributed by atoms with van der Waals surface area (Å²) in [6.07, 6.45) is 1.77. The van der Waals surface area contributed by atoms with Crippen LogP contribution in [0.4, 0.5) is 0 Å². The number of para-hydroxylation sites is 1. The number of nitrogens with one attached hydrogen (secondary N) is 2. The first-order valence-corrected chi connectivity index (χ1v) is 9.15. The molecule has 0 spiro atoms. The molecule has 1 aliphatic heterocycles. The summed E-state index contributed by atoms with van der Waals surface area (Å²) in [5.41, 5.74) is 5.29. The van der Waals surface area contributed by atoms with E-state index in [9.17, 15) is 9.59 Å². The van der Waals surface area contributed by atoms with Crippen LogP contribution in [0.25, 0.3) is 10.9 Å². The van der Waals surface area contributed by atoms with Crippen LogP contribution in [0.2, 0.25) is 0 Å². The molecule has 27 heavy (non-hydrogen) atoms. The molecule has 0 fully saturated rings. The van der Waals surface area contributed by atoms with Crippen LogP contribution in [0, 0.1) is 6.92 Å². The largest absolute Gasteiger partial charge is 0.352 e. The Bertz CT molecular complexity index is 1070. The maximum atomic E-state index is 12.6. The van der Waals surface area contributed by atoms with Crippen molar-refractivity contribution in [2.24, 2.45) is 0 Å². The smallest absolute Gasteiger partial charge is 0.261 e. The maximum Gasteiger partial charge on any atom is 0.261 e. The summed E-state index contributed by atoms with van der Waals surface area (Å²) in [7, 11) is 0. The van der Waals surface area contributed by atoms with Crippen molar-refractivity contribution in [3.63, 3.8) is 0 Å². The first-order valence-electron chi connectivity index (χ1n) is 9.15. The van der Waals surface area contributed by atoms with Crippen LogP contribution < -0.4 is 16.2 Å². The lowest BCUT2D eigenvalue weighted by Crippen LogP contribution is -2.27. The molecule has 1 aromatic heterocycles. The lowest BCUT2D eigenvalue weighted by Gasteiger charge is -2.09. The molecule has 0 radical (unpaired) electrons. The number of aryl methyl sites for hydroxylation is 2. The van der Waals surface area contributed by atoms with E-state index in [1.54, 1.807) is 6.07 Å². The maximum absolute atomic E-state index is 12.6. The van der Waals surface area contributed by atoms with Crippen LogP contribution in [-0.4, -0.2) is 15.5 Å². The fourth-order valence-corrected chi connectivity index (χ4v) is 3.47. The van der Waals surface area contributed by atoms with Crippen molar-refractivity contribution in [2.45, 2.75) is 39.5 Å². The highest BCUT2D eigenvalue weighted by molar-refractivity contribution is 5.80. The molecule has 6 nitrogen and oxygen atoms in total. The highest BCUT2D eigenvalue weighted by Gasteiger charge is 2.11. The highest BCUT2D eigenvalue weighted by atomic mass is 16.1. The lowest BCUT2D eigenvalue weighted by molar-refractivity contribution is -0.121. The molecule has 0 aliphatic carbocycles. The van der Waals surface area contributed by atoms with Gasteiger partial charge in [-0.25, -0.2) is 4.98 Å². The number of carbonyl (C=O) groups is 1. The highest BCUT2D eigenvalue weighted by Crippen LogP contribution is 2.17. The molecule has 3 aromatic rings. The van der Waals surface area contributed by atoms with Gasteiger partial charge in [0.25, 0.3) is 5.56 Å². The van der Waals surface area contributed by atoms with Crippen molar-refractivity contribution >= 4 is 16.8 Å². The second-order valence-electron chi connectivity index (χ2n) is 6.95. The van der Waals surface area contributed by atoms with Crippen LogP contribution in [0.3, 0.4) is 0 Å². The van der Waals surface area contributed by atoms with Gasteiger partial charge in [0, 0.05) is 32.6 Å². The SMILES string of the molecule is Cc1cccc2c(=O)n(CCC(=O)NCc3ccc4c(c3)CNC4)cnc12. The van der Waals surface area contributed by atoms with E-state index in [1.807, 2.05) is 25.1 Å². The minimum Gasteiger partial charge on any atom is -0.352 e. The number of amides is 1. The van der Waals surface area contributed by atoms with Crippen molar-refractivity contribution in [1.29, 1.82) is 0 Å². The van der Waals surface area contributed by atoms with Crippen LogP contribution in [0.15, 0.2) is 47.5 Å². The van der Waals surface area contributed by atoms with E-state index in [0.29, 0.717) is 24.0 Å². The average Bonchev–Trinajstić information content (AvgIpc) is 3.14. The lowest BCUT2D eigenvalue weighted by atomic mass is 10.1. The van der Waals surface area contributed by atoms with Gasteiger partial charge in [-0.15, -0.1) is 0 Å². The number of aromatic nitrogens is 2. The second-order valence-corrected chi connectivity index (χ2v) is 6.95. The monoisotopic (exact) mass is 362 g/mol. The molecular formula is C21H22N4O2. The van der Waals surface area contributed by atoms with Crippen molar-refractivity contribution in [1.82, 2.24) is 20.2 Å². The van der Waals surface area contributed by atoms with Gasteiger partial charge in [-0.05, 0) is 35.2 Å². The Hall–Kier alpha value is -2.99. The van der Waals surface area contributed by atoms with Crippen LogP contribution in [0.5, 0.6) is 0 Å². The van der Waals surface area contributed by atoms with Crippen LogP contribution in [0.1, 0.15) is 28.7 Å². The number of fused-ring (bicyclic) bond motifs is 2. The number of carbonyl (C=O) groups excluding carboxylic acids is 1. The zero-order valence-electron chi connectivity index (χ0n) is 15.3. The quantitative estimate of drug-likeness (QED) is 0.728. The average molecular weight is 362 g/mol. The van der Waals surface area contributed by atoms with Crippen molar-refractivity contribution < 1.29 is 4.79 Å². The molecule has 4 rings (SSSR count). The Morgan fingerprint density at radius 2 is 2.07 bits per heavy atom. The number of nitrogens with zero attached hydrogens (tertiary/aromatic N) is 2. The van der Waals surface area contributed by atoms with E-state index >= 15 is 0 Å². The molecule has 6 heteroatoms. The van der Waals surface area contributed by atoms with Gasteiger partial charge in [-0.1, -0.05) is 30.3 Å². The van der Waals surface area contributed by atoms with Gasteiger partial charge in [0.15, 0.2) is 0 Å². The number of hydrogen-bond acceptors (Lipinski definition) is 4. The van der Waals surface area contributed by atoms with Gasteiger partial charge in [-0.2, -0.15) is 0 Å². The van der Waals surface area contributed by atoms with Gasteiger partial charge in [0.05, 0.1) is 17.2 Å². The summed E-state index contributed by atoms with van der Waals surface area (Å²) in [6, 6.07) is 11.9. The van der Waals surface area contributed by atoms with Crippen LogP contribution in [-0.2, 0) is 31.0 Å². The van der Waals surface area contributed by atoms with Crippen LogP contribution >= 0.6 is 0 Å². The van der Waals surface area contributed by atoms with Gasteiger partial charge >= 0.3 is 0 Å². The Morgan fingerprint density at radius 1 is 1.22 bits per heavy atom. The molecule has 0 saturated heterocycles.